The molecule has 1 aliphatic rings. The van der Waals surface area contributed by atoms with Crippen molar-refractivity contribution >= 4 is 5.82 Å². The molecule has 0 amide bonds. The molecular weight excluding hydrogens is 248 g/mol. The Morgan fingerprint density at radius 2 is 2.10 bits per heavy atom. The fourth-order valence-corrected chi connectivity index (χ4v) is 2.23. The molecule has 0 atom stereocenters. The smallest absolute Gasteiger partial charge is 0.163 e. The fourth-order valence-electron chi connectivity index (χ4n) is 2.23. The molecule has 2 aromatic rings. The molecule has 2 heterocycles. The number of aromatic nitrogens is 3. The Morgan fingerprint density at radius 1 is 1.25 bits per heavy atom. The van der Waals surface area contributed by atoms with Crippen LogP contribution in [-0.4, -0.2) is 21.5 Å². The second kappa shape index (κ2) is 5.57. The highest BCUT2D eigenvalue weighted by Crippen LogP contribution is 2.32. The van der Waals surface area contributed by atoms with Gasteiger partial charge in [0.15, 0.2) is 5.82 Å². The van der Waals surface area contributed by atoms with Crippen LogP contribution in [0, 0.1) is 19.8 Å². The van der Waals surface area contributed by atoms with E-state index in [4.69, 9.17) is 0 Å². The number of anilines is 1. The van der Waals surface area contributed by atoms with Crippen molar-refractivity contribution in [3.8, 4) is 11.4 Å². The summed E-state index contributed by atoms with van der Waals surface area (Å²) in [5.74, 6) is 2.63. The Kier molecular flexibility index (Phi) is 3.63. The van der Waals surface area contributed by atoms with Crippen molar-refractivity contribution in [3.63, 3.8) is 0 Å². The zero-order chi connectivity index (χ0) is 13.9. The molecule has 1 saturated carbocycles. The average molecular weight is 268 g/mol. The van der Waals surface area contributed by atoms with E-state index in [9.17, 15) is 0 Å². The Morgan fingerprint density at radius 3 is 2.80 bits per heavy atom. The van der Waals surface area contributed by atoms with Crippen LogP contribution in [-0.2, 0) is 0 Å². The van der Waals surface area contributed by atoms with Crippen LogP contribution in [0.5, 0.6) is 0 Å². The summed E-state index contributed by atoms with van der Waals surface area (Å²) in [5.41, 5.74) is 3.11. The van der Waals surface area contributed by atoms with Gasteiger partial charge >= 0.3 is 0 Å². The predicted molar refractivity (Wildman–Crippen MR) is 80.6 cm³/mol. The highest BCUT2D eigenvalue weighted by Gasteiger charge is 2.20. The molecule has 3 rings (SSSR count). The van der Waals surface area contributed by atoms with Crippen LogP contribution in [0.1, 0.15) is 30.5 Å². The van der Waals surface area contributed by atoms with Crippen LogP contribution < -0.4 is 5.32 Å². The van der Waals surface area contributed by atoms with Gasteiger partial charge in [0.05, 0.1) is 0 Å². The van der Waals surface area contributed by atoms with Gasteiger partial charge in [-0.2, -0.15) is 0 Å². The van der Waals surface area contributed by atoms with Crippen molar-refractivity contribution in [3.05, 3.63) is 35.8 Å². The van der Waals surface area contributed by atoms with Gasteiger partial charge in [0.25, 0.3) is 0 Å². The van der Waals surface area contributed by atoms with Crippen molar-refractivity contribution < 1.29 is 0 Å². The first-order valence-corrected chi connectivity index (χ1v) is 7.23. The molecule has 2 aromatic heterocycles. The maximum absolute atomic E-state index is 4.66. The standard InChI is InChI=1S/C16H20N4/c1-11-12(2)19-16(14-4-3-8-17-10-14)20-15(11)18-9-7-13-5-6-13/h3-4,8,10,13H,5-7,9H2,1-2H3,(H,18,19,20). The Bertz CT molecular complexity index is 591. The van der Waals surface area contributed by atoms with Gasteiger partial charge in [-0.1, -0.05) is 12.8 Å². The van der Waals surface area contributed by atoms with Crippen molar-refractivity contribution in [1.29, 1.82) is 0 Å². The molecule has 0 saturated heterocycles. The number of hydrogen-bond acceptors (Lipinski definition) is 4. The SMILES string of the molecule is Cc1nc(-c2cccnc2)nc(NCCC2CC2)c1C. The van der Waals surface area contributed by atoms with E-state index in [1.165, 1.54) is 19.3 Å². The largest absolute Gasteiger partial charge is 0.370 e. The summed E-state index contributed by atoms with van der Waals surface area (Å²) in [6, 6.07) is 3.90. The lowest BCUT2D eigenvalue weighted by molar-refractivity contribution is 0.757. The molecular formula is C16H20N4. The third-order valence-corrected chi connectivity index (χ3v) is 3.85. The van der Waals surface area contributed by atoms with Gasteiger partial charge in [0.2, 0.25) is 0 Å². The Labute approximate surface area is 119 Å². The molecule has 20 heavy (non-hydrogen) atoms. The second-order valence-corrected chi connectivity index (χ2v) is 5.51. The summed E-state index contributed by atoms with van der Waals surface area (Å²) in [7, 11) is 0. The molecule has 0 spiro atoms. The molecule has 0 unspecified atom stereocenters. The molecule has 1 aliphatic carbocycles. The van der Waals surface area contributed by atoms with Crippen LogP contribution >= 0.6 is 0 Å². The summed E-state index contributed by atoms with van der Waals surface area (Å²) in [5, 5.41) is 3.46. The van der Waals surface area contributed by atoms with Gasteiger partial charge < -0.3 is 5.32 Å². The van der Waals surface area contributed by atoms with Crippen LogP contribution in [0.4, 0.5) is 5.82 Å². The van der Waals surface area contributed by atoms with Gasteiger partial charge in [-0.25, -0.2) is 9.97 Å². The van der Waals surface area contributed by atoms with E-state index in [0.29, 0.717) is 0 Å². The third-order valence-electron chi connectivity index (χ3n) is 3.85. The highest BCUT2D eigenvalue weighted by molar-refractivity contribution is 5.58. The topological polar surface area (TPSA) is 50.7 Å². The summed E-state index contributed by atoms with van der Waals surface area (Å²) >= 11 is 0. The monoisotopic (exact) mass is 268 g/mol. The molecule has 4 nitrogen and oxygen atoms in total. The summed E-state index contributed by atoms with van der Waals surface area (Å²) in [4.78, 5) is 13.4. The first kappa shape index (κ1) is 13.0. The van der Waals surface area contributed by atoms with Crippen LogP contribution in [0.2, 0.25) is 0 Å². The lowest BCUT2D eigenvalue weighted by atomic mass is 10.2. The van der Waals surface area contributed by atoms with Gasteiger partial charge in [-0.05, 0) is 38.3 Å². The molecule has 1 fully saturated rings. The molecule has 104 valence electrons. The number of nitrogens with zero attached hydrogens (tertiary/aromatic N) is 3. The lowest BCUT2D eigenvalue weighted by Crippen LogP contribution is -2.08. The normalized spacial score (nSPS) is 14.3. The summed E-state index contributed by atoms with van der Waals surface area (Å²) in [6.07, 6.45) is 7.59. The van der Waals surface area contributed by atoms with Gasteiger partial charge in [0, 0.05) is 35.8 Å². The maximum atomic E-state index is 4.66. The maximum Gasteiger partial charge on any atom is 0.163 e. The molecule has 0 aliphatic heterocycles. The number of aryl methyl sites for hydroxylation is 1. The minimum absolute atomic E-state index is 0.745. The first-order valence-electron chi connectivity index (χ1n) is 7.23. The van der Waals surface area contributed by atoms with Gasteiger partial charge in [-0.3, -0.25) is 4.98 Å². The van der Waals surface area contributed by atoms with Crippen molar-refractivity contribution in [2.45, 2.75) is 33.1 Å². The summed E-state index contributed by atoms with van der Waals surface area (Å²) in [6.45, 7) is 5.10. The average Bonchev–Trinajstić information content (AvgIpc) is 3.28. The minimum Gasteiger partial charge on any atom is -0.370 e. The number of pyridine rings is 1. The molecule has 4 heteroatoms. The zero-order valence-corrected chi connectivity index (χ0v) is 12.1. The Hall–Kier alpha value is -1.97. The third kappa shape index (κ3) is 2.95. The van der Waals surface area contributed by atoms with E-state index in [1.807, 2.05) is 19.1 Å². The number of rotatable bonds is 5. The predicted octanol–water partition coefficient (Wildman–Crippen LogP) is 3.37. The quantitative estimate of drug-likeness (QED) is 0.903. The van der Waals surface area contributed by atoms with Gasteiger partial charge in [0.1, 0.15) is 5.82 Å². The van der Waals surface area contributed by atoms with Gasteiger partial charge in [-0.15, -0.1) is 0 Å². The number of hydrogen-bond donors (Lipinski definition) is 1. The number of nitrogens with one attached hydrogen (secondary N) is 1. The molecule has 1 N–H and O–H groups in total. The fraction of sp³-hybridized carbons (Fsp3) is 0.438. The van der Waals surface area contributed by atoms with E-state index in [1.54, 1.807) is 12.4 Å². The molecule has 0 radical (unpaired) electrons. The van der Waals surface area contributed by atoms with Crippen LogP contribution in [0.15, 0.2) is 24.5 Å². The van der Waals surface area contributed by atoms with Crippen LogP contribution in [0.3, 0.4) is 0 Å². The Balaban J connectivity index is 1.82. The van der Waals surface area contributed by atoms with E-state index >= 15 is 0 Å². The van der Waals surface area contributed by atoms with Crippen molar-refractivity contribution in [2.24, 2.45) is 5.92 Å². The lowest BCUT2D eigenvalue weighted by Gasteiger charge is -2.12. The van der Waals surface area contributed by atoms with E-state index in [0.717, 1.165) is 40.9 Å². The summed E-state index contributed by atoms with van der Waals surface area (Å²) < 4.78 is 0. The first-order chi connectivity index (χ1) is 9.74. The molecule has 0 aromatic carbocycles. The highest BCUT2D eigenvalue weighted by atomic mass is 15.0. The van der Waals surface area contributed by atoms with E-state index in [2.05, 4.69) is 27.2 Å². The van der Waals surface area contributed by atoms with E-state index in [-0.39, 0.29) is 0 Å². The van der Waals surface area contributed by atoms with E-state index < -0.39 is 0 Å². The zero-order valence-electron chi connectivity index (χ0n) is 12.1. The minimum atomic E-state index is 0.745. The second-order valence-electron chi connectivity index (χ2n) is 5.51. The van der Waals surface area contributed by atoms with Crippen LogP contribution in [0.25, 0.3) is 11.4 Å². The van der Waals surface area contributed by atoms with Crippen molar-refractivity contribution in [1.82, 2.24) is 15.0 Å². The molecule has 0 bridgehead atoms. The van der Waals surface area contributed by atoms with Crippen molar-refractivity contribution in [2.75, 3.05) is 11.9 Å².